The molecule has 1 nitrogen and oxygen atoms in total. The first-order valence-electron chi connectivity index (χ1n) is 4.18. The van der Waals surface area contributed by atoms with Gasteiger partial charge < -0.3 is 4.90 Å². The van der Waals surface area contributed by atoms with Crippen molar-refractivity contribution in [1.82, 2.24) is 4.90 Å². The van der Waals surface area contributed by atoms with Gasteiger partial charge in [0.05, 0.1) is 0 Å². The highest BCUT2D eigenvalue weighted by atomic mass is 32.1. The van der Waals surface area contributed by atoms with E-state index in [0.717, 1.165) is 12.3 Å². The highest BCUT2D eigenvalue weighted by Crippen LogP contribution is 1.94. The largest absolute Gasteiger partial charge is 0.303 e. The SMILES string of the molecule is CCCCN(CC)CCS. The lowest BCUT2D eigenvalue weighted by Gasteiger charge is -2.18. The first-order valence-corrected chi connectivity index (χ1v) is 4.81. The lowest BCUT2D eigenvalue weighted by molar-refractivity contribution is 0.301. The Morgan fingerprint density at radius 3 is 2.30 bits per heavy atom. The van der Waals surface area contributed by atoms with Gasteiger partial charge in [0.15, 0.2) is 0 Å². The fourth-order valence-corrected chi connectivity index (χ4v) is 1.23. The predicted molar refractivity (Wildman–Crippen MR) is 50.9 cm³/mol. The second kappa shape index (κ2) is 7.42. The molecule has 0 atom stereocenters. The first-order chi connectivity index (χ1) is 4.85. The quantitative estimate of drug-likeness (QED) is 0.583. The molecule has 0 bridgehead atoms. The molecule has 0 unspecified atom stereocenters. The summed E-state index contributed by atoms with van der Waals surface area (Å²) in [5.41, 5.74) is 0. The molecule has 0 aromatic carbocycles. The molecule has 10 heavy (non-hydrogen) atoms. The van der Waals surface area contributed by atoms with Crippen LogP contribution in [0.4, 0.5) is 0 Å². The van der Waals surface area contributed by atoms with Crippen LogP contribution in [-0.2, 0) is 0 Å². The van der Waals surface area contributed by atoms with E-state index >= 15 is 0 Å². The van der Waals surface area contributed by atoms with Crippen molar-refractivity contribution in [3.63, 3.8) is 0 Å². The summed E-state index contributed by atoms with van der Waals surface area (Å²) >= 11 is 4.19. The topological polar surface area (TPSA) is 3.24 Å². The van der Waals surface area contributed by atoms with Crippen LogP contribution in [0.3, 0.4) is 0 Å². The standard InChI is InChI=1S/C8H19NS/c1-3-5-6-9(4-2)7-8-10/h10H,3-8H2,1-2H3. The molecule has 2 heteroatoms. The van der Waals surface area contributed by atoms with Crippen molar-refractivity contribution in [2.45, 2.75) is 26.7 Å². The molecule has 0 rings (SSSR count). The van der Waals surface area contributed by atoms with Gasteiger partial charge in [-0.2, -0.15) is 12.6 Å². The molecular weight excluding hydrogens is 142 g/mol. The van der Waals surface area contributed by atoms with Gasteiger partial charge in [-0.05, 0) is 19.5 Å². The van der Waals surface area contributed by atoms with Gasteiger partial charge in [0, 0.05) is 12.3 Å². The van der Waals surface area contributed by atoms with Crippen LogP contribution in [0.5, 0.6) is 0 Å². The highest BCUT2D eigenvalue weighted by molar-refractivity contribution is 7.80. The van der Waals surface area contributed by atoms with Crippen LogP contribution in [0.25, 0.3) is 0 Å². The molecule has 0 aliphatic rings. The Kier molecular flexibility index (Phi) is 7.65. The molecule has 62 valence electrons. The van der Waals surface area contributed by atoms with Gasteiger partial charge in [0.25, 0.3) is 0 Å². The van der Waals surface area contributed by atoms with E-state index < -0.39 is 0 Å². The van der Waals surface area contributed by atoms with Gasteiger partial charge in [0.2, 0.25) is 0 Å². The van der Waals surface area contributed by atoms with Gasteiger partial charge in [-0.15, -0.1) is 0 Å². The van der Waals surface area contributed by atoms with Crippen molar-refractivity contribution in [2.24, 2.45) is 0 Å². The van der Waals surface area contributed by atoms with E-state index in [9.17, 15) is 0 Å². The number of nitrogens with zero attached hydrogens (tertiary/aromatic N) is 1. The molecule has 0 aromatic heterocycles. The van der Waals surface area contributed by atoms with Crippen molar-refractivity contribution >= 4 is 12.6 Å². The highest BCUT2D eigenvalue weighted by Gasteiger charge is 1.97. The van der Waals surface area contributed by atoms with Crippen molar-refractivity contribution in [1.29, 1.82) is 0 Å². The average Bonchev–Trinajstić information content (AvgIpc) is 1.98. The van der Waals surface area contributed by atoms with E-state index in [0.29, 0.717) is 0 Å². The maximum Gasteiger partial charge on any atom is 0.00697 e. The van der Waals surface area contributed by atoms with Crippen molar-refractivity contribution in [2.75, 3.05) is 25.4 Å². The lowest BCUT2D eigenvalue weighted by atomic mass is 10.3. The Bertz CT molecular complexity index is 66.3. The first kappa shape index (κ1) is 10.3. The minimum atomic E-state index is 0.984. The van der Waals surface area contributed by atoms with Gasteiger partial charge in [-0.25, -0.2) is 0 Å². The summed E-state index contributed by atoms with van der Waals surface area (Å²) in [4.78, 5) is 2.44. The fraction of sp³-hybridized carbons (Fsp3) is 1.00. The predicted octanol–water partition coefficient (Wildman–Crippen LogP) is 2.04. The summed E-state index contributed by atoms with van der Waals surface area (Å²) in [6, 6.07) is 0. The summed E-state index contributed by atoms with van der Waals surface area (Å²) in [5, 5.41) is 0. The molecule has 0 spiro atoms. The van der Waals surface area contributed by atoms with Crippen LogP contribution in [0.1, 0.15) is 26.7 Å². The van der Waals surface area contributed by atoms with Crippen LogP contribution < -0.4 is 0 Å². The maximum atomic E-state index is 4.19. The van der Waals surface area contributed by atoms with Gasteiger partial charge in [-0.1, -0.05) is 20.3 Å². The zero-order valence-corrected chi connectivity index (χ0v) is 8.03. The average molecular weight is 161 g/mol. The van der Waals surface area contributed by atoms with Crippen LogP contribution in [-0.4, -0.2) is 30.3 Å². The number of rotatable bonds is 6. The van der Waals surface area contributed by atoms with E-state index in [1.54, 1.807) is 0 Å². The third kappa shape index (κ3) is 5.12. The molecule has 0 radical (unpaired) electrons. The van der Waals surface area contributed by atoms with E-state index in [-0.39, 0.29) is 0 Å². The maximum absolute atomic E-state index is 4.19. The van der Waals surface area contributed by atoms with Gasteiger partial charge in [-0.3, -0.25) is 0 Å². The van der Waals surface area contributed by atoms with E-state index in [2.05, 4.69) is 31.4 Å². The Morgan fingerprint density at radius 2 is 1.90 bits per heavy atom. The molecule has 0 fully saturated rings. The number of unbranched alkanes of at least 4 members (excludes halogenated alkanes) is 1. The summed E-state index contributed by atoms with van der Waals surface area (Å²) in [6.07, 6.45) is 2.62. The second-order valence-electron chi connectivity index (χ2n) is 2.51. The third-order valence-electron chi connectivity index (χ3n) is 1.69. The minimum Gasteiger partial charge on any atom is -0.303 e. The molecule has 0 aromatic rings. The molecular formula is C8H19NS. The van der Waals surface area contributed by atoms with Crippen molar-refractivity contribution in [3.8, 4) is 0 Å². The third-order valence-corrected chi connectivity index (χ3v) is 1.89. The minimum absolute atomic E-state index is 0.984. The smallest absolute Gasteiger partial charge is 0.00697 e. The molecule has 0 heterocycles. The normalized spacial score (nSPS) is 10.8. The molecule has 0 N–H and O–H groups in total. The summed E-state index contributed by atoms with van der Waals surface area (Å²) in [7, 11) is 0. The number of hydrogen-bond acceptors (Lipinski definition) is 2. The summed E-state index contributed by atoms with van der Waals surface area (Å²) < 4.78 is 0. The number of hydrogen-bond donors (Lipinski definition) is 1. The number of thiol groups is 1. The molecule has 0 aliphatic heterocycles. The van der Waals surface area contributed by atoms with Crippen molar-refractivity contribution < 1.29 is 0 Å². The van der Waals surface area contributed by atoms with E-state index in [1.165, 1.54) is 25.9 Å². The second-order valence-corrected chi connectivity index (χ2v) is 2.96. The lowest BCUT2D eigenvalue weighted by Crippen LogP contribution is -2.26. The van der Waals surface area contributed by atoms with E-state index in [4.69, 9.17) is 0 Å². The Morgan fingerprint density at radius 1 is 1.20 bits per heavy atom. The fourth-order valence-electron chi connectivity index (χ4n) is 0.951. The zero-order valence-electron chi connectivity index (χ0n) is 7.14. The monoisotopic (exact) mass is 161 g/mol. The summed E-state index contributed by atoms with van der Waals surface area (Å²) in [6.45, 7) is 7.99. The molecule has 0 aliphatic carbocycles. The molecule has 0 saturated heterocycles. The molecule has 0 saturated carbocycles. The van der Waals surface area contributed by atoms with Crippen LogP contribution in [0.2, 0.25) is 0 Å². The Hall–Kier alpha value is 0.310. The van der Waals surface area contributed by atoms with E-state index in [1.807, 2.05) is 0 Å². The summed E-state index contributed by atoms with van der Waals surface area (Å²) in [5.74, 6) is 0.984. The van der Waals surface area contributed by atoms with Gasteiger partial charge in [0.1, 0.15) is 0 Å². The van der Waals surface area contributed by atoms with Crippen LogP contribution in [0, 0.1) is 0 Å². The Balaban J connectivity index is 3.21. The van der Waals surface area contributed by atoms with Gasteiger partial charge >= 0.3 is 0 Å². The van der Waals surface area contributed by atoms with Crippen molar-refractivity contribution in [3.05, 3.63) is 0 Å². The van der Waals surface area contributed by atoms with Crippen LogP contribution in [0.15, 0.2) is 0 Å². The van der Waals surface area contributed by atoms with Crippen LogP contribution >= 0.6 is 12.6 Å². The Labute approximate surface area is 70.2 Å². The zero-order chi connectivity index (χ0) is 7.82. The molecule has 0 amide bonds.